The number of likely N-dealkylation sites (N-methyl/N-ethyl adjacent to an activating group) is 1. The topological polar surface area (TPSA) is 32.3 Å². The first-order valence-electron chi connectivity index (χ1n) is 6.79. The van der Waals surface area contributed by atoms with Crippen molar-refractivity contribution >= 4 is 5.91 Å². The Morgan fingerprint density at radius 3 is 2.31 bits per heavy atom. The Bertz CT molecular complexity index is 228. The van der Waals surface area contributed by atoms with Crippen molar-refractivity contribution in [1.29, 1.82) is 0 Å². The van der Waals surface area contributed by atoms with Gasteiger partial charge in [-0.05, 0) is 32.2 Å². The molecule has 1 atom stereocenters. The third-order valence-electron chi connectivity index (χ3n) is 4.08. The minimum absolute atomic E-state index is 0.105. The highest BCUT2D eigenvalue weighted by atomic mass is 16.2. The second-order valence-electron chi connectivity index (χ2n) is 5.24. The molecule has 16 heavy (non-hydrogen) atoms. The largest absolute Gasteiger partial charge is 0.341 e. The molecule has 0 spiro atoms. The van der Waals surface area contributed by atoms with Gasteiger partial charge in [-0.15, -0.1) is 0 Å². The van der Waals surface area contributed by atoms with Gasteiger partial charge in [0.15, 0.2) is 0 Å². The van der Waals surface area contributed by atoms with Gasteiger partial charge in [0.1, 0.15) is 0 Å². The maximum absolute atomic E-state index is 12.2. The molecule has 1 aliphatic carbocycles. The van der Waals surface area contributed by atoms with E-state index in [1.807, 2.05) is 11.9 Å². The number of rotatable bonds is 2. The first-order valence-corrected chi connectivity index (χ1v) is 6.79. The molecule has 3 heteroatoms. The molecule has 0 aromatic carbocycles. The molecule has 2 aliphatic rings. The van der Waals surface area contributed by atoms with Gasteiger partial charge in [0.2, 0.25) is 5.91 Å². The second-order valence-corrected chi connectivity index (χ2v) is 5.24. The molecule has 0 aromatic heterocycles. The van der Waals surface area contributed by atoms with Crippen molar-refractivity contribution in [3.8, 4) is 0 Å². The summed E-state index contributed by atoms with van der Waals surface area (Å²) >= 11 is 0. The van der Waals surface area contributed by atoms with Crippen LogP contribution < -0.4 is 5.32 Å². The molecular weight excluding hydrogens is 200 g/mol. The van der Waals surface area contributed by atoms with E-state index in [0.29, 0.717) is 11.9 Å². The molecule has 1 unspecified atom stereocenters. The zero-order valence-corrected chi connectivity index (χ0v) is 10.4. The Morgan fingerprint density at radius 2 is 1.75 bits per heavy atom. The number of carbonyl (C=O) groups excluding carboxylic acids is 1. The number of hydrogen-bond acceptors (Lipinski definition) is 2. The van der Waals surface area contributed by atoms with E-state index >= 15 is 0 Å². The monoisotopic (exact) mass is 224 g/mol. The Balaban J connectivity index is 1.88. The third-order valence-corrected chi connectivity index (χ3v) is 4.08. The summed E-state index contributed by atoms with van der Waals surface area (Å²) in [6, 6.07) is 0.602. The van der Waals surface area contributed by atoms with E-state index in [1.54, 1.807) is 0 Å². The van der Waals surface area contributed by atoms with E-state index in [0.717, 1.165) is 19.4 Å². The molecule has 2 rings (SSSR count). The fourth-order valence-electron chi connectivity index (χ4n) is 2.97. The third kappa shape index (κ3) is 2.76. The van der Waals surface area contributed by atoms with E-state index in [2.05, 4.69) is 5.32 Å². The summed E-state index contributed by atoms with van der Waals surface area (Å²) in [6.45, 7) is 1.01. The Labute approximate surface area is 98.6 Å². The maximum atomic E-state index is 12.2. The van der Waals surface area contributed by atoms with Crippen LogP contribution in [0.1, 0.15) is 51.4 Å². The molecule has 1 aliphatic heterocycles. The summed E-state index contributed by atoms with van der Waals surface area (Å²) in [5.41, 5.74) is 0. The molecular formula is C13H24N2O. The molecule has 0 radical (unpaired) electrons. The lowest BCUT2D eigenvalue weighted by molar-refractivity contribution is -0.134. The fraction of sp³-hybridized carbons (Fsp3) is 0.923. The Kier molecular flexibility index (Phi) is 4.22. The molecule has 1 saturated heterocycles. The summed E-state index contributed by atoms with van der Waals surface area (Å²) < 4.78 is 0. The molecule has 0 bridgehead atoms. The molecule has 2 fully saturated rings. The summed E-state index contributed by atoms with van der Waals surface area (Å²) in [7, 11) is 2.00. The number of nitrogens with zero attached hydrogens (tertiary/aromatic N) is 1. The van der Waals surface area contributed by atoms with Gasteiger partial charge < -0.3 is 10.2 Å². The van der Waals surface area contributed by atoms with Crippen LogP contribution in [0.15, 0.2) is 0 Å². The minimum atomic E-state index is 0.105. The maximum Gasteiger partial charge on any atom is 0.239 e. The van der Waals surface area contributed by atoms with Crippen LogP contribution in [0.5, 0.6) is 0 Å². The van der Waals surface area contributed by atoms with Crippen molar-refractivity contribution < 1.29 is 4.79 Å². The van der Waals surface area contributed by atoms with Gasteiger partial charge in [0.05, 0.1) is 6.04 Å². The summed E-state index contributed by atoms with van der Waals surface area (Å²) in [4.78, 5) is 14.2. The van der Waals surface area contributed by atoms with Crippen LogP contribution in [0.3, 0.4) is 0 Å². The zero-order valence-electron chi connectivity index (χ0n) is 10.4. The fourth-order valence-corrected chi connectivity index (χ4v) is 2.97. The quantitative estimate of drug-likeness (QED) is 0.727. The van der Waals surface area contributed by atoms with Gasteiger partial charge in [-0.2, -0.15) is 0 Å². The highest BCUT2D eigenvalue weighted by molar-refractivity contribution is 5.82. The van der Waals surface area contributed by atoms with Crippen molar-refractivity contribution in [3.63, 3.8) is 0 Å². The van der Waals surface area contributed by atoms with Crippen LogP contribution in [0, 0.1) is 0 Å². The van der Waals surface area contributed by atoms with Crippen molar-refractivity contribution in [2.75, 3.05) is 13.6 Å². The van der Waals surface area contributed by atoms with Crippen LogP contribution in [0.2, 0.25) is 0 Å². The SMILES string of the molecule is CN(C(=O)C1CCCN1)C1CCCCCC1. The van der Waals surface area contributed by atoms with Gasteiger partial charge in [-0.3, -0.25) is 4.79 Å². The van der Waals surface area contributed by atoms with Crippen molar-refractivity contribution in [2.45, 2.75) is 63.5 Å². The lowest BCUT2D eigenvalue weighted by Crippen LogP contribution is -2.46. The summed E-state index contributed by atoms with van der Waals surface area (Å²) in [5.74, 6) is 0.324. The van der Waals surface area contributed by atoms with E-state index in [-0.39, 0.29) is 6.04 Å². The molecule has 0 aromatic rings. The molecule has 1 heterocycles. The smallest absolute Gasteiger partial charge is 0.239 e. The first kappa shape index (κ1) is 11.9. The van der Waals surface area contributed by atoms with Crippen LogP contribution in [0.4, 0.5) is 0 Å². The number of carbonyl (C=O) groups is 1. The summed E-state index contributed by atoms with van der Waals surface area (Å²) in [6.07, 6.45) is 9.86. The molecule has 1 N–H and O–H groups in total. The van der Waals surface area contributed by atoms with Gasteiger partial charge in [-0.25, -0.2) is 0 Å². The predicted octanol–water partition coefficient (Wildman–Crippen LogP) is 1.92. The standard InChI is InChI=1S/C13H24N2O/c1-15(11-7-4-2-3-5-8-11)13(16)12-9-6-10-14-12/h11-12,14H,2-10H2,1H3. The average Bonchev–Trinajstić information content (AvgIpc) is 2.70. The number of amides is 1. The van der Waals surface area contributed by atoms with E-state index in [1.165, 1.54) is 38.5 Å². The minimum Gasteiger partial charge on any atom is -0.341 e. The summed E-state index contributed by atoms with van der Waals surface area (Å²) in [5, 5.41) is 3.30. The first-order chi connectivity index (χ1) is 7.79. The lowest BCUT2D eigenvalue weighted by atomic mass is 10.1. The molecule has 1 amide bonds. The van der Waals surface area contributed by atoms with Gasteiger partial charge in [0.25, 0.3) is 0 Å². The van der Waals surface area contributed by atoms with Gasteiger partial charge in [0, 0.05) is 13.1 Å². The number of hydrogen-bond donors (Lipinski definition) is 1. The Hall–Kier alpha value is -0.570. The van der Waals surface area contributed by atoms with Crippen molar-refractivity contribution in [3.05, 3.63) is 0 Å². The number of nitrogens with one attached hydrogen (secondary N) is 1. The highest BCUT2D eigenvalue weighted by Gasteiger charge is 2.28. The van der Waals surface area contributed by atoms with Gasteiger partial charge in [-0.1, -0.05) is 25.7 Å². The van der Waals surface area contributed by atoms with E-state index < -0.39 is 0 Å². The van der Waals surface area contributed by atoms with Crippen LogP contribution in [-0.2, 0) is 4.79 Å². The lowest BCUT2D eigenvalue weighted by Gasteiger charge is -2.29. The van der Waals surface area contributed by atoms with Crippen molar-refractivity contribution in [1.82, 2.24) is 10.2 Å². The van der Waals surface area contributed by atoms with E-state index in [9.17, 15) is 4.79 Å². The van der Waals surface area contributed by atoms with Crippen LogP contribution in [-0.4, -0.2) is 36.5 Å². The van der Waals surface area contributed by atoms with E-state index in [4.69, 9.17) is 0 Å². The van der Waals surface area contributed by atoms with Crippen molar-refractivity contribution in [2.24, 2.45) is 0 Å². The molecule has 92 valence electrons. The molecule has 1 saturated carbocycles. The zero-order chi connectivity index (χ0) is 11.4. The van der Waals surface area contributed by atoms with Gasteiger partial charge >= 0.3 is 0 Å². The highest BCUT2D eigenvalue weighted by Crippen LogP contribution is 2.22. The van der Waals surface area contributed by atoms with Crippen LogP contribution >= 0.6 is 0 Å². The predicted molar refractivity (Wildman–Crippen MR) is 65.3 cm³/mol. The molecule has 3 nitrogen and oxygen atoms in total. The second kappa shape index (κ2) is 5.67. The normalized spacial score (nSPS) is 27.7. The van der Waals surface area contributed by atoms with Crippen LogP contribution in [0.25, 0.3) is 0 Å². The Morgan fingerprint density at radius 1 is 1.06 bits per heavy atom. The average molecular weight is 224 g/mol.